The van der Waals surface area contributed by atoms with Gasteiger partial charge in [0.15, 0.2) is 0 Å². The second-order valence-electron chi connectivity index (χ2n) is 4.08. The lowest BCUT2D eigenvalue weighted by Crippen LogP contribution is -2.59. The lowest BCUT2D eigenvalue weighted by molar-refractivity contribution is -0.344. The van der Waals surface area contributed by atoms with Gasteiger partial charge in [-0.05, 0) is 17.7 Å². The molecule has 1 N–H and O–H groups in total. The highest BCUT2D eigenvalue weighted by atomic mass is 35.5. The van der Waals surface area contributed by atoms with E-state index in [0.717, 1.165) is 6.07 Å². The minimum atomic E-state index is -6.57. The standard InChI is InChI=1S/C11H6Cl2F7NO/c12-6-2-1-5(3-7(6)13)4-21-8(22)9(14,15)10(16,17)11(18,19)20/h1-3H,4H2,(H,21,22). The van der Waals surface area contributed by atoms with E-state index in [1.807, 2.05) is 0 Å². The van der Waals surface area contributed by atoms with Crippen LogP contribution >= 0.6 is 23.2 Å². The van der Waals surface area contributed by atoms with Gasteiger partial charge < -0.3 is 5.32 Å². The van der Waals surface area contributed by atoms with E-state index in [1.165, 1.54) is 17.4 Å². The van der Waals surface area contributed by atoms with Crippen molar-refractivity contribution < 1.29 is 35.5 Å². The highest BCUT2D eigenvalue weighted by Gasteiger charge is 2.76. The Morgan fingerprint density at radius 3 is 2.00 bits per heavy atom. The van der Waals surface area contributed by atoms with Gasteiger partial charge in [0.1, 0.15) is 0 Å². The molecule has 1 aromatic rings. The highest BCUT2D eigenvalue weighted by molar-refractivity contribution is 6.42. The van der Waals surface area contributed by atoms with E-state index in [4.69, 9.17) is 23.2 Å². The Bertz CT molecular complexity index is 574. The number of amides is 1. The quantitative estimate of drug-likeness (QED) is 0.778. The van der Waals surface area contributed by atoms with Crippen LogP contribution in [0.25, 0.3) is 0 Å². The third kappa shape index (κ3) is 3.57. The van der Waals surface area contributed by atoms with Crippen molar-refractivity contribution in [2.75, 3.05) is 0 Å². The number of halogens is 9. The second-order valence-corrected chi connectivity index (χ2v) is 4.89. The van der Waals surface area contributed by atoms with Gasteiger partial charge in [0.25, 0.3) is 5.91 Å². The minimum absolute atomic E-state index is 0.0132. The number of benzene rings is 1. The van der Waals surface area contributed by atoms with Crippen LogP contribution in [0.4, 0.5) is 30.7 Å². The Hall–Kier alpha value is -1.22. The third-order valence-electron chi connectivity index (χ3n) is 2.47. The van der Waals surface area contributed by atoms with Gasteiger partial charge in [-0.2, -0.15) is 30.7 Å². The third-order valence-corrected chi connectivity index (χ3v) is 3.21. The van der Waals surface area contributed by atoms with Crippen molar-refractivity contribution >= 4 is 29.1 Å². The fourth-order valence-corrected chi connectivity index (χ4v) is 1.58. The van der Waals surface area contributed by atoms with E-state index in [2.05, 4.69) is 0 Å². The minimum Gasteiger partial charge on any atom is -0.347 e. The summed E-state index contributed by atoms with van der Waals surface area (Å²) in [6.07, 6.45) is -6.57. The van der Waals surface area contributed by atoms with Crippen molar-refractivity contribution in [2.45, 2.75) is 24.6 Å². The molecule has 1 amide bonds. The smallest absolute Gasteiger partial charge is 0.347 e. The molecule has 1 aromatic carbocycles. The molecule has 0 heterocycles. The summed E-state index contributed by atoms with van der Waals surface area (Å²) in [5, 5.41) is 1.38. The van der Waals surface area contributed by atoms with Crippen LogP contribution in [0.2, 0.25) is 10.0 Å². The summed E-state index contributed by atoms with van der Waals surface area (Å²) in [4.78, 5) is 11.0. The predicted octanol–water partition coefficient (Wildman–Crippen LogP) is 4.44. The maximum Gasteiger partial charge on any atom is 0.460 e. The van der Waals surface area contributed by atoms with Crippen molar-refractivity contribution in [1.29, 1.82) is 0 Å². The molecule has 0 saturated heterocycles. The van der Waals surface area contributed by atoms with Crippen molar-refractivity contribution in [3.63, 3.8) is 0 Å². The molecule has 0 bridgehead atoms. The Morgan fingerprint density at radius 1 is 1.00 bits per heavy atom. The Kier molecular flexibility index (Phi) is 5.23. The Labute approximate surface area is 129 Å². The first-order chi connectivity index (χ1) is 9.80. The van der Waals surface area contributed by atoms with Gasteiger partial charge in [-0.1, -0.05) is 29.3 Å². The molecular weight excluding hydrogens is 366 g/mol. The monoisotopic (exact) mass is 371 g/mol. The fourth-order valence-electron chi connectivity index (χ4n) is 1.26. The van der Waals surface area contributed by atoms with E-state index < -0.39 is 30.5 Å². The van der Waals surface area contributed by atoms with E-state index in [9.17, 15) is 35.5 Å². The highest BCUT2D eigenvalue weighted by Crippen LogP contribution is 2.46. The normalized spacial score (nSPS) is 13.1. The molecule has 0 aliphatic carbocycles. The van der Waals surface area contributed by atoms with Crippen LogP contribution < -0.4 is 5.32 Å². The van der Waals surface area contributed by atoms with Crippen LogP contribution in [0.5, 0.6) is 0 Å². The van der Waals surface area contributed by atoms with E-state index in [1.54, 1.807) is 0 Å². The zero-order valence-electron chi connectivity index (χ0n) is 10.2. The Morgan fingerprint density at radius 2 is 1.55 bits per heavy atom. The number of carbonyl (C=O) groups is 1. The SMILES string of the molecule is O=C(NCc1ccc(Cl)c(Cl)c1)C(F)(F)C(F)(F)C(F)(F)F. The molecule has 0 aliphatic rings. The molecule has 0 atom stereocenters. The molecule has 0 aliphatic heterocycles. The van der Waals surface area contributed by atoms with Crippen molar-refractivity contribution in [3.05, 3.63) is 33.8 Å². The predicted molar refractivity (Wildman–Crippen MR) is 64.3 cm³/mol. The molecule has 0 aromatic heterocycles. The second kappa shape index (κ2) is 6.11. The molecule has 0 saturated carbocycles. The van der Waals surface area contributed by atoms with Gasteiger partial charge in [0.05, 0.1) is 10.0 Å². The zero-order chi connectivity index (χ0) is 17.3. The van der Waals surface area contributed by atoms with Gasteiger partial charge in [0.2, 0.25) is 0 Å². The van der Waals surface area contributed by atoms with Gasteiger partial charge in [-0.15, -0.1) is 0 Å². The molecule has 0 fully saturated rings. The molecule has 0 unspecified atom stereocenters. The zero-order valence-corrected chi connectivity index (χ0v) is 11.8. The summed E-state index contributed by atoms with van der Waals surface area (Å²) < 4.78 is 87.0. The lowest BCUT2D eigenvalue weighted by Gasteiger charge is -2.27. The van der Waals surface area contributed by atoms with Crippen molar-refractivity contribution in [1.82, 2.24) is 5.32 Å². The van der Waals surface area contributed by atoms with Gasteiger partial charge in [-0.25, -0.2) is 0 Å². The Balaban J connectivity index is 2.85. The maximum atomic E-state index is 13.0. The molecular formula is C11H6Cl2F7NO. The summed E-state index contributed by atoms with van der Waals surface area (Å²) in [6, 6.07) is 3.58. The topological polar surface area (TPSA) is 29.1 Å². The van der Waals surface area contributed by atoms with Crippen molar-refractivity contribution in [3.8, 4) is 0 Å². The van der Waals surface area contributed by atoms with Crippen LogP contribution in [0.3, 0.4) is 0 Å². The molecule has 124 valence electrons. The first kappa shape index (κ1) is 18.8. The number of nitrogens with one attached hydrogen (secondary N) is 1. The summed E-state index contributed by atoms with van der Waals surface area (Å²) in [5.74, 6) is -15.2. The molecule has 0 spiro atoms. The largest absolute Gasteiger partial charge is 0.460 e. The van der Waals surface area contributed by atoms with Gasteiger partial charge in [0, 0.05) is 6.54 Å². The number of hydrogen-bond acceptors (Lipinski definition) is 1. The van der Waals surface area contributed by atoms with Gasteiger partial charge in [-0.3, -0.25) is 4.79 Å². The average molecular weight is 372 g/mol. The number of hydrogen-bond donors (Lipinski definition) is 1. The van der Waals surface area contributed by atoms with Crippen LogP contribution in [0, 0.1) is 0 Å². The molecule has 2 nitrogen and oxygen atoms in total. The number of rotatable bonds is 4. The van der Waals surface area contributed by atoms with Crippen LogP contribution in [0.15, 0.2) is 18.2 Å². The van der Waals surface area contributed by atoms with Crippen LogP contribution in [0.1, 0.15) is 5.56 Å². The number of alkyl halides is 7. The molecule has 22 heavy (non-hydrogen) atoms. The average Bonchev–Trinajstić information content (AvgIpc) is 2.38. The molecule has 11 heteroatoms. The van der Waals surface area contributed by atoms with Gasteiger partial charge >= 0.3 is 18.0 Å². The molecule has 1 rings (SSSR count). The summed E-state index contributed by atoms with van der Waals surface area (Å²) in [5.41, 5.74) is 0.0777. The maximum absolute atomic E-state index is 13.0. The summed E-state index contributed by atoms with van der Waals surface area (Å²) >= 11 is 11.2. The molecule has 0 radical (unpaired) electrons. The number of carbonyl (C=O) groups excluding carboxylic acids is 1. The van der Waals surface area contributed by atoms with Crippen molar-refractivity contribution in [2.24, 2.45) is 0 Å². The first-order valence-electron chi connectivity index (χ1n) is 5.35. The summed E-state index contributed by atoms with van der Waals surface area (Å²) in [6.45, 7) is -0.737. The van der Waals surface area contributed by atoms with E-state index in [0.29, 0.717) is 0 Å². The van der Waals surface area contributed by atoms with Crippen LogP contribution in [-0.2, 0) is 11.3 Å². The van der Waals surface area contributed by atoms with E-state index in [-0.39, 0.29) is 15.6 Å². The lowest BCUT2D eigenvalue weighted by atomic mass is 10.1. The van der Waals surface area contributed by atoms with E-state index >= 15 is 0 Å². The summed E-state index contributed by atoms with van der Waals surface area (Å²) in [7, 11) is 0. The fraction of sp³-hybridized carbons (Fsp3) is 0.364. The van der Waals surface area contributed by atoms with Crippen LogP contribution in [-0.4, -0.2) is 23.9 Å². The first-order valence-corrected chi connectivity index (χ1v) is 6.11.